The van der Waals surface area contributed by atoms with Crippen LogP contribution < -0.4 is 0 Å². The summed E-state index contributed by atoms with van der Waals surface area (Å²) in [6, 6.07) is 7.22. The first-order valence-corrected chi connectivity index (χ1v) is 8.72. The van der Waals surface area contributed by atoms with E-state index < -0.39 is 10.0 Å². The summed E-state index contributed by atoms with van der Waals surface area (Å²) >= 11 is 0. The van der Waals surface area contributed by atoms with Gasteiger partial charge >= 0.3 is 0 Å². The summed E-state index contributed by atoms with van der Waals surface area (Å²) in [5.74, 6) is 0. The summed E-state index contributed by atoms with van der Waals surface area (Å²) < 4.78 is 27.0. The van der Waals surface area contributed by atoms with Gasteiger partial charge in [0.25, 0.3) is 0 Å². The van der Waals surface area contributed by atoms with Crippen molar-refractivity contribution in [2.45, 2.75) is 37.2 Å². The van der Waals surface area contributed by atoms with E-state index in [9.17, 15) is 8.42 Å². The minimum Gasteiger partial charge on any atom is -0.396 e. The standard InChI is InChI=1S/C15H24N2O3S/c1-12-10-17(11-13(2)16(12)3)21(19,20)15-6-4-14(5-7-15)8-9-18/h4-7,12-13,18H,8-11H2,1-3H3. The summed E-state index contributed by atoms with van der Waals surface area (Å²) in [5.41, 5.74) is 0.941. The van der Waals surface area contributed by atoms with Crippen molar-refractivity contribution in [3.63, 3.8) is 0 Å². The average Bonchev–Trinajstić information content (AvgIpc) is 2.45. The Morgan fingerprint density at radius 1 is 1.14 bits per heavy atom. The second-order valence-corrected chi connectivity index (χ2v) is 7.74. The molecule has 6 heteroatoms. The molecule has 2 unspecified atom stereocenters. The molecule has 2 atom stereocenters. The number of piperazine rings is 1. The third-order valence-corrected chi connectivity index (χ3v) is 6.13. The number of hydrogen-bond acceptors (Lipinski definition) is 4. The van der Waals surface area contributed by atoms with E-state index in [4.69, 9.17) is 5.11 Å². The summed E-state index contributed by atoms with van der Waals surface area (Å²) in [7, 11) is -1.41. The second-order valence-electron chi connectivity index (χ2n) is 5.80. The van der Waals surface area contributed by atoms with E-state index in [0.717, 1.165) is 5.56 Å². The van der Waals surface area contributed by atoms with Crippen LogP contribution in [0.5, 0.6) is 0 Å². The quantitative estimate of drug-likeness (QED) is 0.899. The molecule has 0 radical (unpaired) electrons. The molecular formula is C15H24N2O3S. The van der Waals surface area contributed by atoms with Crippen molar-refractivity contribution < 1.29 is 13.5 Å². The predicted molar refractivity (Wildman–Crippen MR) is 82.7 cm³/mol. The molecule has 118 valence electrons. The third kappa shape index (κ3) is 3.45. The van der Waals surface area contributed by atoms with Gasteiger partial charge in [-0.3, -0.25) is 4.90 Å². The molecule has 21 heavy (non-hydrogen) atoms. The van der Waals surface area contributed by atoms with Crippen molar-refractivity contribution in [2.75, 3.05) is 26.7 Å². The maximum absolute atomic E-state index is 12.7. The monoisotopic (exact) mass is 312 g/mol. The van der Waals surface area contributed by atoms with Crippen LogP contribution in [-0.2, 0) is 16.4 Å². The highest BCUT2D eigenvalue weighted by Gasteiger charge is 2.34. The Balaban J connectivity index is 2.21. The lowest BCUT2D eigenvalue weighted by Gasteiger charge is -2.41. The van der Waals surface area contributed by atoms with Crippen molar-refractivity contribution >= 4 is 10.0 Å². The molecule has 0 aliphatic carbocycles. The largest absolute Gasteiger partial charge is 0.396 e. The molecule has 0 aromatic heterocycles. The van der Waals surface area contributed by atoms with Crippen molar-refractivity contribution in [2.24, 2.45) is 0 Å². The van der Waals surface area contributed by atoms with Crippen molar-refractivity contribution in [1.82, 2.24) is 9.21 Å². The van der Waals surface area contributed by atoms with Crippen LogP contribution >= 0.6 is 0 Å². The van der Waals surface area contributed by atoms with Gasteiger partial charge in [-0.25, -0.2) is 8.42 Å². The Bertz CT molecular complexity index is 559. The molecule has 1 N–H and O–H groups in total. The summed E-state index contributed by atoms with van der Waals surface area (Å²) in [4.78, 5) is 2.53. The van der Waals surface area contributed by atoms with Gasteiger partial charge < -0.3 is 5.11 Å². The number of nitrogens with zero attached hydrogens (tertiary/aromatic N) is 2. The lowest BCUT2D eigenvalue weighted by Crippen LogP contribution is -2.56. The van der Waals surface area contributed by atoms with Gasteiger partial charge in [-0.15, -0.1) is 0 Å². The zero-order valence-electron chi connectivity index (χ0n) is 12.9. The molecule has 1 fully saturated rings. The number of aliphatic hydroxyl groups excluding tert-OH is 1. The Kier molecular flexibility index (Phi) is 5.03. The number of aliphatic hydroxyl groups is 1. The zero-order chi connectivity index (χ0) is 15.6. The van der Waals surface area contributed by atoms with Gasteiger partial charge in [-0.1, -0.05) is 12.1 Å². The summed E-state index contributed by atoms with van der Waals surface area (Å²) in [6.45, 7) is 5.19. The number of sulfonamides is 1. The highest BCUT2D eigenvalue weighted by atomic mass is 32.2. The third-order valence-electron chi connectivity index (χ3n) is 4.29. The Morgan fingerprint density at radius 3 is 2.14 bits per heavy atom. The topological polar surface area (TPSA) is 60.9 Å². The van der Waals surface area contributed by atoms with E-state index in [2.05, 4.69) is 4.90 Å². The van der Waals surface area contributed by atoms with Crippen LogP contribution in [0.4, 0.5) is 0 Å². The van der Waals surface area contributed by atoms with Gasteiger partial charge in [-0.05, 0) is 45.0 Å². The van der Waals surface area contributed by atoms with E-state index in [1.54, 1.807) is 28.6 Å². The van der Waals surface area contributed by atoms with Gasteiger partial charge in [0.2, 0.25) is 10.0 Å². The Labute approximate surface area is 127 Å². The average molecular weight is 312 g/mol. The van der Waals surface area contributed by atoms with Crippen LogP contribution in [0.2, 0.25) is 0 Å². The minimum absolute atomic E-state index is 0.0690. The molecule has 1 aromatic rings. The molecule has 2 rings (SSSR count). The molecule has 5 nitrogen and oxygen atoms in total. The molecular weight excluding hydrogens is 288 g/mol. The minimum atomic E-state index is -3.44. The number of hydrogen-bond donors (Lipinski definition) is 1. The smallest absolute Gasteiger partial charge is 0.243 e. The number of likely N-dealkylation sites (N-methyl/N-ethyl adjacent to an activating group) is 1. The number of rotatable bonds is 4. The number of benzene rings is 1. The lowest BCUT2D eigenvalue weighted by molar-refractivity contribution is 0.105. The maximum atomic E-state index is 12.7. The van der Waals surface area contributed by atoms with Crippen molar-refractivity contribution in [3.8, 4) is 0 Å². The van der Waals surface area contributed by atoms with Crippen molar-refractivity contribution in [1.29, 1.82) is 0 Å². The van der Waals surface area contributed by atoms with Crippen LogP contribution in [-0.4, -0.2) is 61.6 Å². The van der Waals surface area contributed by atoms with Gasteiger partial charge in [0.15, 0.2) is 0 Å². The molecule has 0 spiro atoms. The first-order chi connectivity index (χ1) is 9.86. The normalized spacial score (nSPS) is 25.1. The SMILES string of the molecule is CC1CN(S(=O)(=O)c2ccc(CCO)cc2)CC(C)N1C. The molecule has 0 saturated carbocycles. The first-order valence-electron chi connectivity index (χ1n) is 7.28. The van der Waals surface area contributed by atoms with Crippen LogP contribution in [0.3, 0.4) is 0 Å². The zero-order valence-corrected chi connectivity index (χ0v) is 13.7. The molecule has 1 saturated heterocycles. The molecule has 1 aliphatic heterocycles. The lowest BCUT2D eigenvalue weighted by atomic mass is 10.1. The predicted octanol–water partition coefficient (Wildman–Crippen LogP) is 0.934. The fourth-order valence-electron chi connectivity index (χ4n) is 2.66. The first kappa shape index (κ1) is 16.4. The Morgan fingerprint density at radius 2 is 1.67 bits per heavy atom. The van der Waals surface area contributed by atoms with Gasteiger partial charge in [0.1, 0.15) is 0 Å². The van der Waals surface area contributed by atoms with E-state index in [-0.39, 0.29) is 18.7 Å². The highest BCUT2D eigenvalue weighted by Crippen LogP contribution is 2.22. The van der Waals surface area contributed by atoms with Crippen LogP contribution in [0.25, 0.3) is 0 Å². The van der Waals surface area contributed by atoms with Crippen LogP contribution in [0, 0.1) is 0 Å². The van der Waals surface area contributed by atoms with Crippen molar-refractivity contribution in [3.05, 3.63) is 29.8 Å². The fraction of sp³-hybridized carbons (Fsp3) is 0.600. The Hall–Kier alpha value is -0.950. The summed E-state index contributed by atoms with van der Waals surface area (Å²) in [5, 5.41) is 8.90. The molecule has 1 heterocycles. The van der Waals surface area contributed by atoms with E-state index >= 15 is 0 Å². The van der Waals surface area contributed by atoms with Crippen LogP contribution in [0.1, 0.15) is 19.4 Å². The molecule has 1 aliphatic rings. The van der Waals surface area contributed by atoms with Crippen LogP contribution in [0.15, 0.2) is 29.2 Å². The van der Waals surface area contributed by atoms with E-state index in [1.165, 1.54) is 0 Å². The van der Waals surface area contributed by atoms with E-state index in [1.807, 2.05) is 20.9 Å². The van der Waals surface area contributed by atoms with Gasteiger partial charge in [0, 0.05) is 31.8 Å². The molecule has 1 aromatic carbocycles. The fourth-order valence-corrected chi connectivity index (χ4v) is 4.26. The van der Waals surface area contributed by atoms with Gasteiger partial charge in [-0.2, -0.15) is 4.31 Å². The molecule has 0 amide bonds. The second kappa shape index (κ2) is 6.44. The highest BCUT2D eigenvalue weighted by molar-refractivity contribution is 7.89. The van der Waals surface area contributed by atoms with E-state index in [0.29, 0.717) is 24.4 Å². The van der Waals surface area contributed by atoms with Gasteiger partial charge in [0.05, 0.1) is 4.90 Å². The molecule has 0 bridgehead atoms. The summed E-state index contributed by atoms with van der Waals surface area (Å²) in [6.07, 6.45) is 0.545. The maximum Gasteiger partial charge on any atom is 0.243 e.